The van der Waals surface area contributed by atoms with Gasteiger partial charge in [0.05, 0.1) is 17.9 Å². The number of ether oxygens (including phenoxy) is 1. The zero-order valence-corrected chi connectivity index (χ0v) is 14.5. The number of thiophene rings is 1. The standard InChI is InChI=1S/C16H16N2O3S2/c1-3-10-5-6-13(22-10)15-12(9-19)18-8-11(23-16(18)17-15)7-14(20)21-4-2/h5-6,8-9H,3-4,7H2,1-2H3. The molecule has 0 unspecified atom stereocenters. The number of aldehydes is 1. The zero-order chi connectivity index (χ0) is 16.4. The molecule has 0 aliphatic heterocycles. The van der Waals surface area contributed by atoms with Gasteiger partial charge in [-0.15, -0.1) is 22.7 Å². The number of carbonyl (C=O) groups is 2. The Morgan fingerprint density at radius 3 is 2.78 bits per heavy atom. The van der Waals surface area contributed by atoms with Crippen LogP contribution < -0.4 is 0 Å². The molecule has 7 heteroatoms. The van der Waals surface area contributed by atoms with Crippen LogP contribution >= 0.6 is 22.7 Å². The van der Waals surface area contributed by atoms with Gasteiger partial charge in [-0.05, 0) is 25.5 Å². The van der Waals surface area contributed by atoms with Gasteiger partial charge in [0.2, 0.25) is 0 Å². The minimum absolute atomic E-state index is 0.203. The maximum atomic E-state index is 11.6. The summed E-state index contributed by atoms with van der Waals surface area (Å²) in [5.41, 5.74) is 1.23. The lowest BCUT2D eigenvalue weighted by Gasteiger charge is -1.98. The molecule has 0 aliphatic rings. The fourth-order valence-electron chi connectivity index (χ4n) is 2.33. The van der Waals surface area contributed by atoms with Crippen molar-refractivity contribution in [2.24, 2.45) is 0 Å². The first-order valence-electron chi connectivity index (χ1n) is 7.36. The van der Waals surface area contributed by atoms with E-state index >= 15 is 0 Å². The molecule has 3 rings (SSSR count). The van der Waals surface area contributed by atoms with Crippen LogP contribution in [-0.2, 0) is 22.4 Å². The van der Waals surface area contributed by atoms with Crippen LogP contribution in [0.3, 0.4) is 0 Å². The maximum absolute atomic E-state index is 11.6. The first-order chi connectivity index (χ1) is 11.2. The molecular formula is C16H16N2O3S2. The minimum atomic E-state index is -0.268. The van der Waals surface area contributed by atoms with Crippen LogP contribution in [0.4, 0.5) is 0 Å². The summed E-state index contributed by atoms with van der Waals surface area (Å²) in [6.07, 6.45) is 3.79. The van der Waals surface area contributed by atoms with Crippen LogP contribution in [-0.4, -0.2) is 28.2 Å². The summed E-state index contributed by atoms with van der Waals surface area (Å²) in [5, 5.41) is 0. The zero-order valence-electron chi connectivity index (χ0n) is 12.9. The first-order valence-corrected chi connectivity index (χ1v) is 9.00. The second-order valence-electron chi connectivity index (χ2n) is 4.91. The highest BCUT2D eigenvalue weighted by Crippen LogP contribution is 2.32. The summed E-state index contributed by atoms with van der Waals surface area (Å²) in [6, 6.07) is 4.07. The average molecular weight is 348 g/mol. The number of nitrogens with zero attached hydrogens (tertiary/aromatic N) is 2. The van der Waals surface area contributed by atoms with E-state index in [1.54, 1.807) is 28.9 Å². The SMILES string of the molecule is CCOC(=O)Cc1cn2c(C=O)c(-c3ccc(CC)s3)nc2s1. The highest BCUT2D eigenvalue weighted by molar-refractivity contribution is 7.17. The third-order valence-electron chi connectivity index (χ3n) is 3.39. The highest BCUT2D eigenvalue weighted by Gasteiger charge is 2.18. The Labute approximate surface area is 141 Å². The molecule has 23 heavy (non-hydrogen) atoms. The molecule has 3 heterocycles. The van der Waals surface area contributed by atoms with Gasteiger partial charge in [0, 0.05) is 16.0 Å². The number of esters is 1. The summed E-state index contributed by atoms with van der Waals surface area (Å²) < 4.78 is 6.71. The maximum Gasteiger partial charge on any atom is 0.311 e. The van der Waals surface area contributed by atoms with E-state index in [4.69, 9.17) is 4.74 Å². The molecule has 0 N–H and O–H groups in total. The Hall–Kier alpha value is -1.99. The van der Waals surface area contributed by atoms with Gasteiger partial charge in [-0.2, -0.15) is 0 Å². The summed E-state index contributed by atoms with van der Waals surface area (Å²) in [6.45, 7) is 4.24. The van der Waals surface area contributed by atoms with Crippen LogP contribution in [0.1, 0.15) is 34.1 Å². The predicted octanol–water partition coefficient (Wildman–Crippen LogP) is 3.60. The second-order valence-corrected chi connectivity index (χ2v) is 7.18. The van der Waals surface area contributed by atoms with E-state index in [0.717, 1.165) is 22.5 Å². The largest absolute Gasteiger partial charge is 0.466 e. The lowest BCUT2D eigenvalue weighted by Crippen LogP contribution is -2.06. The first kappa shape index (κ1) is 15.9. The molecule has 5 nitrogen and oxygen atoms in total. The van der Waals surface area contributed by atoms with Crippen molar-refractivity contribution in [1.82, 2.24) is 9.38 Å². The molecule has 0 aliphatic carbocycles. The number of fused-ring (bicyclic) bond motifs is 1. The third-order valence-corrected chi connectivity index (χ3v) is 5.61. The molecule has 0 fully saturated rings. The Bertz CT molecular complexity index is 860. The Morgan fingerprint density at radius 1 is 1.30 bits per heavy atom. The van der Waals surface area contributed by atoms with Gasteiger partial charge < -0.3 is 4.74 Å². The molecule has 0 radical (unpaired) electrons. The van der Waals surface area contributed by atoms with E-state index in [0.29, 0.717) is 23.0 Å². The molecule has 0 saturated carbocycles. The topological polar surface area (TPSA) is 60.7 Å². The summed E-state index contributed by atoms with van der Waals surface area (Å²) in [7, 11) is 0. The van der Waals surface area contributed by atoms with Gasteiger partial charge in [0.1, 0.15) is 11.4 Å². The van der Waals surface area contributed by atoms with E-state index in [1.165, 1.54) is 16.2 Å². The minimum Gasteiger partial charge on any atom is -0.466 e. The molecular weight excluding hydrogens is 332 g/mol. The molecule has 0 bridgehead atoms. The van der Waals surface area contributed by atoms with Crippen molar-refractivity contribution in [3.05, 3.63) is 33.8 Å². The number of imidazole rings is 1. The molecule has 0 amide bonds. The second kappa shape index (κ2) is 6.64. The van der Waals surface area contributed by atoms with Gasteiger partial charge in [-0.1, -0.05) is 6.92 Å². The molecule has 0 atom stereocenters. The van der Waals surface area contributed by atoms with Crippen molar-refractivity contribution in [3.63, 3.8) is 0 Å². The van der Waals surface area contributed by atoms with Gasteiger partial charge in [-0.3, -0.25) is 14.0 Å². The number of hydrogen-bond acceptors (Lipinski definition) is 6. The number of thiazole rings is 1. The van der Waals surface area contributed by atoms with E-state index in [9.17, 15) is 9.59 Å². The lowest BCUT2D eigenvalue weighted by atomic mass is 10.3. The Balaban J connectivity index is 1.97. The van der Waals surface area contributed by atoms with Crippen LogP contribution in [0.2, 0.25) is 0 Å². The molecule has 3 aromatic heterocycles. The number of hydrogen-bond donors (Lipinski definition) is 0. The summed E-state index contributed by atoms with van der Waals surface area (Å²) in [5.74, 6) is -0.268. The molecule has 0 spiro atoms. The van der Waals surface area contributed by atoms with E-state index in [1.807, 2.05) is 6.07 Å². The van der Waals surface area contributed by atoms with Crippen molar-refractivity contribution in [3.8, 4) is 10.6 Å². The van der Waals surface area contributed by atoms with Crippen molar-refractivity contribution in [2.75, 3.05) is 6.61 Å². The fraction of sp³-hybridized carbons (Fsp3) is 0.312. The van der Waals surface area contributed by atoms with Crippen LogP contribution in [0, 0.1) is 0 Å². The van der Waals surface area contributed by atoms with Gasteiger partial charge in [-0.25, -0.2) is 4.98 Å². The normalized spacial score (nSPS) is 11.0. The highest BCUT2D eigenvalue weighted by atomic mass is 32.1. The Kier molecular flexibility index (Phi) is 4.58. The third kappa shape index (κ3) is 3.07. The smallest absolute Gasteiger partial charge is 0.311 e. The summed E-state index contributed by atoms with van der Waals surface area (Å²) in [4.78, 5) is 31.5. The van der Waals surface area contributed by atoms with E-state index < -0.39 is 0 Å². The molecule has 0 aromatic carbocycles. The number of aryl methyl sites for hydroxylation is 1. The van der Waals surface area contributed by atoms with Crippen LogP contribution in [0.25, 0.3) is 15.5 Å². The monoisotopic (exact) mass is 348 g/mol. The number of rotatable bonds is 6. The molecule has 3 aromatic rings. The van der Waals surface area contributed by atoms with Gasteiger partial charge in [0.15, 0.2) is 11.2 Å². The van der Waals surface area contributed by atoms with E-state index in [-0.39, 0.29) is 12.4 Å². The lowest BCUT2D eigenvalue weighted by molar-refractivity contribution is -0.142. The van der Waals surface area contributed by atoms with Gasteiger partial charge in [0.25, 0.3) is 0 Å². The molecule has 0 saturated heterocycles. The summed E-state index contributed by atoms with van der Waals surface area (Å²) >= 11 is 3.06. The van der Waals surface area contributed by atoms with Gasteiger partial charge >= 0.3 is 5.97 Å². The van der Waals surface area contributed by atoms with Crippen LogP contribution in [0.15, 0.2) is 18.3 Å². The van der Waals surface area contributed by atoms with Crippen LogP contribution in [0.5, 0.6) is 0 Å². The van der Waals surface area contributed by atoms with E-state index in [2.05, 4.69) is 18.0 Å². The van der Waals surface area contributed by atoms with Crippen molar-refractivity contribution >= 4 is 39.9 Å². The molecule has 120 valence electrons. The number of aromatic nitrogens is 2. The average Bonchev–Trinajstić information content (AvgIpc) is 3.19. The predicted molar refractivity (Wildman–Crippen MR) is 91.5 cm³/mol. The fourth-order valence-corrected chi connectivity index (χ4v) is 4.25. The quantitative estimate of drug-likeness (QED) is 0.504. The Morgan fingerprint density at radius 2 is 2.13 bits per heavy atom. The van der Waals surface area contributed by atoms with Crippen molar-refractivity contribution < 1.29 is 14.3 Å². The van der Waals surface area contributed by atoms with Crippen molar-refractivity contribution in [2.45, 2.75) is 26.7 Å². The van der Waals surface area contributed by atoms with Crippen molar-refractivity contribution in [1.29, 1.82) is 0 Å². The number of carbonyl (C=O) groups excluding carboxylic acids is 2.